The summed E-state index contributed by atoms with van der Waals surface area (Å²) in [4.78, 5) is 65.9. The highest BCUT2D eigenvalue weighted by atomic mass is 16.4. The van der Waals surface area contributed by atoms with Gasteiger partial charge in [0, 0.05) is 25.5 Å². The van der Waals surface area contributed by atoms with Gasteiger partial charge in [-0.3, -0.25) is 24.2 Å². The molecule has 0 radical (unpaired) electrons. The Kier molecular flexibility index (Phi) is 11.5. The van der Waals surface area contributed by atoms with E-state index in [1.807, 2.05) is 6.07 Å². The molecule has 1 aromatic heterocycles. The van der Waals surface area contributed by atoms with Gasteiger partial charge in [-0.25, -0.2) is 4.68 Å². The number of aromatic nitrogens is 2. The number of nitrogens with zero attached hydrogens (tertiary/aromatic N) is 3. The molecule has 2 unspecified atom stereocenters. The van der Waals surface area contributed by atoms with Gasteiger partial charge in [-0.2, -0.15) is 5.10 Å². The van der Waals surface area contributed by atoms with Crippen LogP contribution in [-0.2, 0) is 19.2 Å². The van der Waals surface area contributed by atoms with Gasteiger partial charge >= 0.3 is 5.97 Å². The number of aliphatic carboxylic acids is 1. The number of rotatable bonds is 15. The van der Waals surface area contributed by atoms with Crippen molar-refractivity contribution in [3.05, 3.63) is 66.4 Å². The monoisotopic (exact) mass is 590 g/mol. The first-order valence-corrected chi connectivity index (χ1v) is 13.5. The summed E-state index contributed by atoms with van der Waals surface area (Å²) < 4.78 is 1.49. The van der Waals surface area contributed by atoms with Gasteiger partial charge in [0.2, 0.25) is 11.8 Å². The molecule has 0 aliphatic rings. The van der Waals surface area contributed by atoms with E-state index < -0.39 is 35.8 Å². The minimum Gasteiger partial charge on any atom is -0.481 e. The van der Waals surface area contributed by atoms with Gasteiger partial charge < -0.3 is 37.3 Å². The molecule has 8 N–H and O–H groups in total. The van der Waals surface area contributed by atoms with Gasteiger partial charge in [0.25, 0.3) is 5.91 Å². The first-order chi connectivity index (χ1) is 20.6. The lowest BCUT2D eigenvalue weighted by molar-refractivity contribution is -0.137. The summed E-state index contributed by atoms with van der Waals surface area (Å²) in [5.41, 5.74) is 12.0. The van der Waals surface area contributed by atoms with E-state index in [1.54, 1.807) is 54.6 Å². The number of nitrogens with one attached hydrogen (secondary N) is 3. The first kappa shape index (κ1) is 32.0. The number of aliphatic imine (C=N–C) groups is 1. The van der Waals surface area contributed by atoms with E-state index in [0.717, 1.165) is 0 Å². The molecule has 0 saturated heterocycles. The van der Waals surface area contributed by atoms with E-state index >= 15 is 0 Å². The van der Waals surface area contributed by atoms with Crippen LogP contribution < -0.4 is 27.4 Å². The SMILES string of the molecule is CC(=O)NC(CCC(=O)O)C(=O)Nc1c(C(=O)NC(C=O)CCCN=C(N)N)nn(-c2ccccc2)c1-c1ccccc1. The number of guanidine groups is 1. The standard InChI is InChI=1S/C29H34N8O6/c1-18(39)33-22(14-15-23(40)41)27(42)35-24-25(28(43)34-20(17-38)11-8-16-32-29(30)31)36-37(21-12-6-3-7-13-21)26(24)19-9-4-2-5-10-19/h2-7,9-10,12-13,17,20,22H,8,11,14-16H2,1H3,(H,33,39)(H,34,43)(H,35,42)(H,40,41)(H4,30,31,32). The number of carboxylic acid groups (broad SMARTS) is 1. The van der Waals surface area contributed by atoms with Gasteiger partial charge in [0.15, 0.2) is 11.7 Å². The summed E-state index contributed by atoms with van der Waals surface area (Å²) in [7, 11) is 0. The number of aldehydes is 1. The molecule has 14 heteroatoms. The Morgan fingerprint density at radius 3 is 2.23 bits per heavy atom. The van der Waals surface area contributed by atoms with Crippen molar-refractivity contribution in [2.45, 2.75) is 44.7 Å². The molecular weight excluding hydrogens is 556 g/mol. The lowest BCUT2D eigenvalue weighted by Gasteiger charge is -2.18. The quantitative estimate of drug-likeness (QED) is 0.0646. The fraction of sp³-hybridized carbons (Fsp3) is 0.276. The fourth-order valence-electron chi connectivity index (χ4n) is 4.24. The van der Waals surface area contributed by atoms with Crippen LogP contribution in [0, 0.1) is 0 Å². The fourth-order valence-corrected chi connectivity index (χ4v) is 4.24. The van der Waals surface area contributed by atoms with Crippen molar-refractivity contribution in [1.29, 1.82) is 0 Å². The first-order valence-electron chi connectivity index (χ1n) is 13.5. The van der Waals surface area contributed by atoms with Crippen LogP contribution in [0.1, 0.15) is 43.1 Å². The maximum Gasteiger partial charge on any atom is 0.303 e. The average Bonchev–Trinajstić information content (AvgIpc) is 3.36. The molecule has 3 rings (SSSR count). The van der Waals surface area contributed by atoms with Crippen molar-refractivity contribution in [1.82, 2.24) is 20.4 Å². The van der Waals surface area contributed by atoms with Crippen LogP contribution >= 0.6 is 0 Å². The second-order valence-electron chi connectivity index (χ2n) is 9.53. The van der Waals surface area contributed by atoms with E-state index in [2.05, 4.69) is 26.0 Å². The zero-order valence-corrected chi connectivity index (χ0v) is 23.5. The molecule has 0 aliphatic heterocycles. The third-order valence-electron chi connectivity index (χ3n) is 6.19. The Hall–Kier alpha value is -5.53. The van der Waals surface area contributed by atoms with Gasteiger partial charge in [0.1, 0.15) is 18.0 Å². The number of carbonyl (C=O) groups is 5. The Morgan fingerprint density at radius 1 is 1.00 bits per heavy atom. The largest absolute Gasteiger partial charge is 0.481 e. The number of para-hydroxylation sites is 1. The van der Waals surface area contributed by atoms with Gasteiger partial charge in [-0.15, -0.1) is 0 Å². The van der Waals surface area contributed by atoms with Gasteiger partial charge in [-0.1, -0.05) is 48.5 Å². The van der Waals surface area contributed by atoms with Gasteiger partial charge in [0.05, 0.1) is 17.4 Å². The number of carboxylic acids is 1. The molecule has 2 atom stereocenters. The highest BCUT2D eigenvalue weighted by molar-refractivity contribution is 6.08. The van der Waals surface area contributed by atoms with E-state index in [0.29, 0.717) is 29.7 Å². The van der Waals surface area contributed by atoms with E-state index in [4.69, 9.17) is 16.6 Å². The van der Waals surface area contributed by atoms with Crippen LogP contribution in [0.4, 0.5) is 5.69 Å². The summed E-state index contributed by atoms with van der Waals surface area (Å²) in [6.07, 6.45) is 0.635. The number of nitrogens with two attached hydrogens (primary N) is 2. The highest BCUT2D eigenvalue weighted by Crippen LogP contribution is 2.34. The number of carbonyl (C=O) groups excluding carboxylic acids is 4. The number of anilines is 1. The predicted molar refractivity (Wildman–Crippen MR) is 159 cm³/mol. The third-order valence-corrected chi connectivity index (χ3v) is 6.19. The number of hydrogen-bond acceptors (Lipinski definition) is 7. The van der Waals surface area contributed by atoms with Crippen molar-refractivity contribution in [3.63, 3.8) is 0 Å². The maximum atomic E-state index is 13.6. The van der Waals surface area contributed by atoms with Crippen LogP contribution in [0.25, 0.3) is 16.9 Å². The van der Waals surface area contributed by atoms with Crippen molar-refractivity contribution in [2.75, 3.05) is 11.9 Å². The molecule has 0 saturated carbocycles. The lowest BCUT2D eigenvalue weighted by Crippen LogP contribution is -2.43. The molecule has 3 aromatic rings. The Balaban J connectivity index is 2.10. The van der Waals surface area contributed by atoms with Crippen LogP contribution in [0.3, 0.4) is 0 Å². The summed E-state index contributed by atoms with van der Waals surface area (Å²) in [6.45, 7) is 1.46. The minimum atomic E-state index is -1.22. The van der Waals surface area contributed by atoms with Crippen LogP contribution in [0.15, 0.2) is 65.7 Å². The topological polar surface area (TPSA) is 224 Å². The number of hydrogen-bond donors (Lipinski definition) is 6. The van der Waals surface area contributed by atoms with Crippen LogP contribution in [0.2, 0.25) is 0 Å². The molecular formula is C29H34N8O6. The summed E-state index contributed by atoms with van der Waals surface area (Å²) in [6, 6.07) is 15.6. The van der Waals surface area contributed by atoms with Crippen LogP contribution in [-0.4, -0.2) is 69.5 Å². The van der Waals surface area contributed by atoms with Crippen molar-refractivity contribution in [3.8, 4) is 16.9 Å². The molecule has 0 fully saturated rings. The second kappa shape index (κ2) is 15.5. The Bertz CT molecular complexity index is 1470. The zero-order chi connectivity index (χ0) is 31.4. The molecule has 0 bridgehead atoms. The molecule has 43 heavy (non-hydrogen) atoms. The molecule has 226 valence electrons. The summed E-state index contributed by atoms with van der Waals surface area (Å²) in [5, 5.41) is 21.5. The van der Waals surface area contributed by atoms with Crippen molar-refractivity contribution >= 4 is 41.6 Å². The highest BCUT2D eigenvalue weighted by Gasteiger charge is 2.30. The second-order valence-corrected chi connectivity index (χ2v) is 9.53. The van der Waals surface area contributed by atoms with E-state index in [1.165, 1.54) is 11.6 Å². The van der Waals surface area contributed by atoms with Crippen molar-refractivity contribution in [2.24, 2.45) is 16.5 Å². The molecule has 3 amide bonds. The molecule has 14 nitrogen and oxygen atoms in total. The van der Waals surface area contributed by atoms with E-state index in [-0.39, 0.29) is 43.1 Å². The third kappa shape index (κ3) is 9.24. The summed E-state index contributed by atoms with van der Waals surface area (Å²) >= 11 is 0. The zero-order valence-electron chi connectivity index (χ0n) is 23.5. The Labute approximate surface area is 247 Å². The van der Waals surface area contributed by atoms with Crippen molar-refractivity contribution < 1.29 is 29.1 Å². The normalized spacial score (nSPS) is 11.9. The molecule has 0 aliphatic carbocycles. The average molecular weight is 591 g/mol. The predicted octanol–water partition coefficient (Wildman–Crippen LogP) is 1.20. The summed E-state index contributed by atoms with van der Waals surface area (Å²) in [5.74, 6) is -3.28. The van der Waals surface area contributed by atoms with Gasteiger partial charge in [-0.05, 0) is 31.4 Å². The Morgan fingerprint density at radius 2 is 1.65 bits per heavy atom. The van der Waals surface area contributed by atoms with E-state index in [9.17, 15) is 24.0 Å². The van der Waals surface area contributed by atoms with Crippen LogP contribution in [0.5, 0.6) is 0 Å². The molecule has 1 heterocycles. The molecule has 0 spiro atoms. The maximum absolute atomic E-state index is 13.6. The minimum absolute atomic E-state index is 0.00776. The smallest absolute Gasteiger partial charge is 0.303 e. The lowest BCUT2D eigenvalue weighted by atomic mass is 10.1. The number of amides is 3. The molecule has 2 aromatic carbocycles. The number of benzene rings is 2.